The molecule has 1 N–H and O–H groups in total. The van der Waals surface area contributed by atoms with E-state index in [4.69, 9.17) is 5.11 Å². The first kappa shape index (κ1) is 18.7. The smallest absolute Gasteiger partial charge is 0.393 e. The number of carboxylic acid groups (broad SMARTS) is 1. The first-order chi connectivity index (χ1) is 12.1. The fraction of sp³-hybridized carbons (Fsp3) is 0.556. The molecule has 8 heteroatoms. The number of aliphatic carboxylic acids is 1. The molecule has 1 aromatic rings. The lowest BCUT2D eigenvalue weighted by atomic mass is 9.96. The van der Waals surface area contributed by atoms with Gasteiger partial charge in [-0.2, -0.15) is 13.2 Å². The van der Waals surface area contributed by atoms with Gasteiger partial charge in [-0.05, 0) is 31.9 Å². The average molecular weight is 370 g/mol. The summed E-state index contributed by atoms with van der Waals surface area (Å²) in [5.41, 5.74) is 1.80. The molecule has 5 nitrogen and oxygen atoms in total. The van der Waals surface area contributed by atoms with E-state index in [9.17, 15) is 22.8 Å². The highest BCUT2D eigenvalue weighted by atomic mass is 19.4. The molecular weight excluding hydrogens is 349 g/mol. The largest absolute Gasteiger partial charge is 0.481 e. The van der Waals surface area contributed by atoms with Gasteiger partial charge < -0.3 is 10.0 Å². The minimum Gasteiger partial charge on any atom is -0.481 e. The minimum absolute atomic E-state index is 0.0846. The first-order valence-electron chi connectivity index (χ1n) is 8.55. The molecule has 2 heterocycles. The lowest BCUT2D eigenvalue weighted by molar-refractivity contribution is -0.188. The number of para-hydroxylation sites is 1. The molecule has 0 radical (unpaired) electrons. The van der Waals surface area contributed by atoms with Crippen LogP contribution in [0.2, 0.25) is 0 Å². The van der Waals surface area contributed by atoms with Crippen LogP contribution in [0, 0.1) is 11.8 Å². The summed E-state index contributed by atoms with van der Waals surface area (Å²) in [7, 11) is 0. The van der Waals surface area contributed by atoms with Crippen LogP contribution in [0.25, 0.3) is 0 Å². The number of halogens is 3. The summed E-state index contributed by atoms with van der Waals surface area (Å²) < 4.78 is 39.6. The van der Waals surface area contributed by atoms with Crippen LogP contribution in [0.15, 0.2) is 24.3 Å². The van der Waals surface area contributed by atoms with Gasteiger partial charge in [0.05, 0.1) is 17.9 Å². The summed E-state index contributed by atoms with van der Waals surface area (Å²) in [5, 5.41) is 9.15. The van der Waals surface area contributed by atoms with Crippen molar-refractivity contribution in [1.82, 2.24) is 4.90 Å². The second-order valence-electron chi connectivity index (χ2n) is 7.11. The van der Waals surface area contributed by atoms with Crippen molar-refractivity contribution < 1.29 is 27.9 Å². The Labute approximate surface area is 149 Å². The average Bonchev–Trinajstić information content (AvgIpc) is 3.14. The number of carboxylic acids is 1. The Balaban J connectivity index is 1.80. The molecule has 0 aromatic heterocycles. The predicted octanol–water partition coefficient (Wildman–Crippen LogP) is 2.55. The van der Waals surface area contributed by atoms with Crippen LogP contribution in [0.5, 0.6) is 0 Å². The normalized spacial score (nSPS) is 27.4. The van der Waals surface area contributed by atoms with Crippen LogP contribution in [0.1, 0.15) is 19.4 Å². The molecule has 1 saturated heterocycles. The zero-order valence-corrected chi connectivity index (χ0v) is 14.5. The molecule has 2 aliphatic rings. The van der Waals surface area contributed by atoms with Crippen LogP contribution in [0.4, 0.5) is 18.9 Å². The van der Waals surface area contributed by atoms with Crippen molar-refractivity contribution in [2.75, 3.05) is 18.0 Å². The summed E-state index contributed by atoms with van der Waals surface area (Å²) in [5.74, 6) is -5.28. The van der Waals surface area contributed by atoms with Crippen molar-refractivity contribution in [3.63, 3.8) is 0 Å². The summed E-state index contributed by atoms with van der Waals surface area (Å²) >= 11 is 0. The molecule has 26 heavy (non-hydrogen) atoms. The molecule has 2 unspecified atom stereocenters. The number of rotatable bonds is 3. The molecule has 4 atom stereocenters. The van der Waals surface area contributed by atoms with Crippen LogP contribution in [-0.2, 0) is 16.0 Å². The maximum absolute atomic E-state index is 13.2. The maximum atomic E-state index is 13.2. The van der Waals surface area contributed by atoms with Crippen LogP contribution in [0.3, 0.4) is 0 Å². The highest BCUT2D eigenvalue weighted by Gasteiger charge is 2.54. The zero-order chi connectivity index (χ0) is 19.2. The number of hydrogen-bond donors (Lipinski definition) is 1. The van der Waals surface area contributed by atoms with Gasteiger partial charge in [0.1, 0.15) is 0 Å². The van der Waals surface area contributed by atoms with Crippen LogP contribution in [-0.4, -0.2) is 53.2 Å². The number of benzene rings is 1. The Morgan fingerprint density at radius 1 is 1.23 bits per heavy atom. The number of hydrogen-bond acceptors (Lipinski definition) is 3. The number of anilines is 1. The topological polar surface area (TPSA) is 60.9 Å². The van der Waals surface area contributed by atoms with Gasteiger partial charge in [-0.15, -0.1) is 0 Å². The number of amides is 1. The standard InChI is InChI=1S/C18H21F3N2O3/c1-10-7-12-5-3-4-6-15(12)23(10)16(24)11(2)22-8-13(17(25)26)14(9-22)18(19,20)21/h3-6,10-11,13-14H,7-9H2,1-2H3,(H,25,26)/t10?,11?,13-,14-/m1/s1. The summed E-state index contributed by atoms with van der Waals surface area (Å²) in [6.45, 7) is 2.69. The Hall–Kier alpha value is -2.09. The van der Waals surface area contributed by atoms with E-state index in [1.807, 2.05) is 31.2 Å². The number of likely N-dealkylation sites (tertiary alicyclic amines) is 1. The molecule has 0 aliphatic carbocycles. The Morgan fingerprint density at radius 2 is 1.88 bits per heavy atom. The van der Waals surface area contributed by atoms with Crippen molar-refractivity contribution in [2.45, 2.75) is 38.5 Å². The SMILES string of the molecule is CC(C(=O)N1c2ccccc2CC1C)N1C[C@@H](C(F)(F)F)[C@H](C(=O)O)C1. The van der Waals surface area contributed by atoms with Crippen molar-refractivity contribution >= 4 is 17.6 Å². The Kier molecular flexibility index (Phi) is 4.72. The van der Waals surface area contributed by atoms with Crippen molar-refractivity contribution in [3.8, 4) is 0 Å². The molecule has 3 rings (SSSR count). The fourth-order valence-corrected chi connectivity index (χ4v) is 3.99. The molecule has 142 valence electrons. The van der Waals surface area contributed by atoms with Crippen LogP contribution < -0.4 is 4.90 Å². The third-order valence-electron chi connectivity index (χ3n) is 5.44. The van der Waals surface area contributed by atoms with Gasteiger partial charge in [0, 0.05) is 24.8 Å². The van der Waals surface area contributed by atoms with E-state index in [2.05, 4.69) is 0 Å². The molecule has 2 aliphatic heterocycles. The molecule has 1 fully saturated rings. The van der Waals surface area contributed by atoms with E-state index < -0.39 is 36.6 Å². The van der Waals surface area contributed by atoms with Gasteiger partial charge in [-0.3, -0.25) is 14.5 Å². The Morgan fingerprint density at radius 3 is 2.46 bits per heavy atom. The third kappa shape index (κ3) is 3.18. The Bertz CT molecular complexity index is 722. The van der Waals surface area contributed by atoms with Crippen molar-refractivity contribution in [3.05, 3.63) is 29.8 Å². The fourth-order valence-electron chi connectivity index (χ4n) is 3.99. The van der Waals surface area contributed by atoms with Gasteiger partial charge >= 0.3 is 12.1 Å². The number of carbonyl (C=O) groups excluding carboxylic acids is 1. The molecule has 1 amide bonds. The lowest BCUT2D eigenvalue weighted by Gasteiger charge is -2.31. The van der Waals surface area contributed by atoms with Crippen molar-refractivity contribution in [1.29, 1.82) is 0 Å². The minimum atomic E-state index is -4.60. The van der Waals surface area contributed by atoms with E-state index in [0.717, 1.165) is 11.3 Å². The van der Waals surface area contributed by atoms with E-state index in [0.29, 0.717) is 6.42 Å². The second-order valence-corrected chi connectivity index (χ2v) is 7.11. The van der Waals surface area contributed by atoms with E-state index in [1.165, 1.54) is 4.90 Å². The summed E-state index contributed by atoms with van der Waals surface area (Å²) in [4.78, 5) is 27.2. The number of fused-ring (bicyclic) bond motifs is 1. The van der Waals surface area contributed by atoms with Crippen LogP contribution >= 0.6 is 0 Å². The molecule has 0 bridgehead atoms. The monoisotopic (exact) mass is 370 g/mol. The highest BCUT2D eigenvalue weighted by molar-refractivity contribution is 5.99. The van der Waals surface area contributed by atoms with E-state index >= 15 is 0 Å². The third-order valence-corrected chi connectivity index (χ3v) is 5.44. The molecular formula is C18H21F3N2O3. The van der Waals surface area contributed by atoms with E-state index in [-0.39, 0.29) is 18.5 Å². The van der Waals surface area contributed by atoms with E-state index in [1.54, 1.807) is 11.8 Å². The number of alkyl halides is 3. The second kappa shape index (κ2) is 6.57. The van der Waals surface area contributed by atoms with Gasteiger partial charge in [-0.1, -0.05) is 18.2 Å². The maximum Gasteiger partial charge on any atom is 0.393 e. The molecule has 0 saturated carbocycles. The molecule has 1 aromatic carbocycles. The summed E-state index contributed by atoms with van der Waals surface area (Å²) in [6.07, 6.45) is -3.91. The van der Waals surface area contributed by atoms with Gasteiger partial charge in [-0.25, -0.2) is 0 Å². The highest BCUT2D eigenvalue weighted by Crippen LogP contribution is 2.39. The number of carbonyl (C=O) groups is 2. The number of nitrogens with zero attached hydrogens (tertiary/aromatic N) is 2. The quantitative estimate of drug-likeness (QED) is 0.888. The van der Waals surface area contributed by atoms with Gasteiger partial charge in [0.25, 0.3) is 0 Å². The van der Waals surface area contributed by atoms with Gasteiger partial charge in [0.15, 0.2) is 0 Å². The predicted molar refractivity (Wildman–Crippen MR) is 88.8 cm³/mol. The summed E-state index contributed by atoms with van der Waals surface area (Å²) in [6, 6.07) is 6.55. The zero-order valence-electron chi connectivity index (χ0n) is 14.5. The lowest BCUT2D eigenvalue weighted by Crippen LogP contribution is -2.49. The molecule has 0 spiro atoms. The van der Waals surface area contributed by atoms with Gasteiger partial charge in [0.2, 0.25) is 5.91 Å². The van der Waals surface area contributed by atoms with Crippen molar-refractivity contribution in [2.24, 2.45) is 11.8 Å². The first-order valence-corrected chi connectivity index (χ1v) is 8.55.